The Bertz CT molecular complexity index is 1490. The molecule has 0 unspecified atom stereocenters. The third-order valence-electron chi connectivity index (χ3n) is 5.37. The summed E-state index contributed by atoms with van der Waals surface area (Å²) >= 11 is 0.929. The summed E-state index contributed by atoms with van der Waals surface area (Å²) in [6, 6.07) is 11.8. The monoisotopic (exact) mass is 573 g/mol. The lowest BCUT2D eigenvalue weighted by atomic mass is 10.1. The van der Waals surface area contributed by atoms with Crippen LogP contribution in [0.25, 0.3) is 0 Å². The summed E-state index contributed by atoms with van der Waals surface area (Å²) in [5.41, 5.74) is 0.893. The predicted molar refractivity (Wildman–Crippen MR) is 144 cm³/mol. The van der Waals surface area contributed by atoms with Crippen molar-refractivity contribution < 1.29 is 31.9 Å². The average molecular weight is 574 g/mol. The number of Topliss-reactive ketones (excluding diaryl/α,β-unsaturated/α-hetero) is 1. The lowest BCUT2D eigenvalue weighted by Gasteiger charge is -2.25. The van der Waals surface area contributed by atoms with E-state index in [0.717, 1.165) is 21.7 Å². The minimum Gasteiger partial charge on any atom is -0.497 e. The van der Waals surface area contributed by atoms with Crippen LogP contribution in [-0.2, 0) is 32.5 Å². The highest BCUT2D eigenvalue weighted by molar-refractivity contribution is 7.93. The summed E-state index contributed by atoms with van der Waals surface area (Å²) in [6.45, 7) is 4.84. The molecule has 1 aromatic heterocycles. The molecular weight excluding hydrogens is 545 g/mol. The van der Waals surface area contributed by atoms with Crippen LogP contribution in [-0.4, -0.2) is 37.9 Å². The molecule has 1 heterocycles. The van der Waals surface area contributed by atoms with Gasteiger partial charge < -0.3 is 9.47 Å². The van der Waals surface area contributed by atoms with Gasteiger partial charge in [-0.05, 0) is 56.2 Å². The van der Waals surface area contributed by atoms with Crippen LogP contribution < -0.4 is 9.04 Å². The SMILES string of the molecule is COc1ccc(CN(c2scnc2C(=O)OC(C)(C)C)S(=O)(=O)c2ccc(CC(=O)CCC#N)c(F)c2)cc1. The first-order chi connectivity index (χ1) is 18.4. The number of esters is 1. The topological polar surface area (TPSA) is 127 Å². The van der Waals surface area contributed by atoms with Crippen molar-refractivity contribution in [3.8, 4) is 11.8 Å². The van der Waals surface area contributed by atoms with Crippen molar-refractivity contribution >= 4 is 38.1 Å². The molecule has 0 amide bonds. The summed E-state index contributed by atoms with van der Waals surface area (Å²) in [5.74, 6) is -1.44. The van der Waals surface area contributed by atoms with Gasteiger partial charge in [-0.15, -0.1) is 11.3 Å². The molecule has 9 nitrogen and oxygen atoms in total. The van der Waals surface area contributed by atoms with Gasteiger partial charge in [0.2, 0.25) is 0 Å². The zero-order chi connectivity index (χ0) is 28.8. The molecule has 39 heavy (non-hydrogen) atoms. The second-order valence-electron chi connectivity index (χ2n) is 9.49. The molecule has 0 saturated carbocycles. The number of hydrogen-bond donors (Lipinski definition) is 0. The van der Waals surface area contributed by atoms with Gasteiger partial charge in [-0.3, -0.25) is 9.10 Å². The highest BCUT2D eigenvalue weighted by Gasteiger charge is 2.33. The third kappa shape index (κ3) is 7.61. The van der Waals surface area contributed by atoms with Gasteiger partial charge in [-0.25, -0.2) is 22.6 Å². The number of rotatable bonds is 11. The first-order valence-electron chi connectivity index (χ1n) is 11.9. The Kier molecular flexibility index (Phi) is 9.42. The average Bonchev–Trinajstić information content (AvgIpc) is 3.36. The standard InChI is InChI=1S/C27H28FN3O6S2/c1-27(2,3)37-26(33)24-25(38-17-30-24)31(16-18-7-10-21(36-4)11-8-18)39(34,35)22-12-9-19(23(28)15-22)14-20(32)6-5-13-29/h7-12,15,17H,5-6,14,16H2,1-4H3. The number of nitrogens with zero attached hydrogens (tertiary/aromatic N) is 3. The van der Waals surface area contributed by atoms with E-state index in [2.05, 4.69) is 4.98 Å². The first-order valence-corrected chi connectivity index (χ1v) is 14.2. The Labute approximate surface area is 230 Å². The van der Waals surface area contributed by atoms with Gasteiger partial charge in [0, 0.05) is 19.3 Å². The lowest BCUT2D eigenvalue weighted by Crippen LogP contribution is -2.32. The third-order valence-corrected chi connectivity index (χ3v) is 8.07. The smallest absolute Gasteiger partial charge is 0.360 e. The van der Waals surface area contributed by atoms with E-state index in [9.17, 15) is 22.4 Å². The van der Waals surface area contributed by atoms with Crippen molar-refractivity contribution in [2.45, 2.75) is 57.1 Å². The molecule has 0 bridgehead atoms. The van der Waals surface area contributed by atoms with Gasteiger partial charge in [0.25, 0.3) is 10.0 Å². The minimum atomic E-state index is -4.42. The Hall–Kier alpha value is -3.82. The Morgan fingerprint density at radius 2 is 1.85 bits per heavy atom. The largest absolute Gasteiger partial charge is 0.497 e. The summed E-state index contributed by atoms with van der Waals surface area (Å²) < 4.78 is 54.4. The number of carbonyl (C=O) groups excluding carboxylic acids is 2. The Morgan fingerprint density at radius 1 is 1.15 bits per heavy atom. The fourth-order valence-electron chi connectivity index (χ4n) is 3.50. The molecule has 0 atom stereocenters. The molecule has 3 aromatic rings. The van der Waals surface area contributed by atoms with E-state index in [1.165, 1.54) is 24.8 Å². The molecule has 0 spiro atoms. The van der Waals surface area contributed by atoms with Crippen molar-refractivity contribution in [3.05, 3.63) is 70.6 Å². The van der Waals surface area contributed by atoms with Crippen LogP contribution in [0, 0.1) is 17.1 Å². The van der Waals surface area contributed by atoms with Crippen LogP contribution >= 0.6 is 11.3 Å². The molecule has 0 aliphatic heterocycles. The molecule has 0 fully saturated rings. The number of halogens is 1. The van der Waals surface area contributed by atoms with Gasteiger partial charge in [-0.2, -0.15) is 5.26 Å². The van der Waals surface area contributed by atoms with E-state index in [0.29, 0.717) is 11.3 Å². The molecule has 206 valence electrons. The summed E-state index contributed by atoms with van der Waals surface area (Å²) in [5, 5.41) is 8.66. The number of anilines is 1. The van der Waals surface area contributed by atoms with Crippen molar-refractivity contribution in [1.29, 1.82) is 5.26 Å². The number of ether oxygens (including phenoxy) is 2. The van der Waals surface area contributed by atoms with Gasteiger partial charge >= 0.3 is 5.97 Å². The molecule has 2 aromatic carbocycles. The molecule has 0 aliphatic carbocycles. The number of nitriles is 1. The summed E-state index contributed by atoms with van der Waals surface area (Å²) in [4.78, 5) is 28.6. The number of carbonyl (C=O) groups is 2. The number of methoxy groups -OCH3 is 1. The molecule has 0 saturated heterocycles. The zero-order valence-corrected chi connectivity index (χ0v) is 23.6. The second-order valence-corrected chi connectivity index (χ2v) is 12.2. The van der Waals surface area contributed by atoms with E-state index < -0.39 is 27.4 Å². The van der Waals surface area contributed by atoms with Crippen LogP contribution in [0.5, 0.6) is 5.75 Å². The minimum absolute atomic E-state index is 0.0104. The number of aromatic nitrogens is 1. The maximum absolute atomic E-state index is 15.0. The highest BCUT2D eigenvalue weighted by Crippen LogP contribution is 2.34. The first kappa shape index (κ1) is 29.7. The summed E-state index contributed by atoms with van der Waals surface area (Å²) in [7, 11) is -2.92. The predicted octanol–water partition coefficient (Wildman–Crippen LogP) is 5.06. The van der Waals surface area contributed by atoms with E-state index in [-0.39, 0.29) is 52.7 Å². The number of sulfonamides is 1. The summed E-state index contributed by atoms with van der Waals surface area (Å²) in [6.07, 6.45) is -0.270. The number of hydrogen-bond acceptors (Lipinski definition) is 9. The number of thiazole rings is 1. The van der Waals surface area contributed by atoms with Crippen LogP contribution in [0.3, 0.4) is 0 Å². The highest BCUT2D eigenvalue weighted by atomic mass is 32.2. The van der Waals surface area contributed by atoms with Crippen molar-refractivity contribution in [2.24, 2.45) is 0 Å². The molecule has 0 aliphatic rings. The maximum atomic E-state index is 15.0. The van der Waals surface area contributed by atoms with Gasteiger partial charge in [-0.1, -0.05) is 18.2 Å². The van der Waals surface area contributed by atoms with Crippen molar-refractivity contribution in [1.82, 2.24) is 4.98 Å². The number of benzene rings is 2. The van der Waals surface area contributed by atoms with Crippen LogP contribution in [0.15, 0.2) is 52.9 Å². The van der Waals surface area contributed by atoms with Gasteiger partial charge in [0.1, 0.15) is 28.0 Å². The second kappa shape index (κ2) is 12.4. The lowest BCUT2D eigenvalue weighted by molar-refractivity contribution is -0.118. The maximum Gasteiger partial charge on any atom is 0.360 e. The van der Waals surface area contributed by atoms with E-state index in [4.69, 9.17) is 14.7 Å². The molecule has 0 radical (unpaired) electrons. The van der Waals surface area contributed by atoms with E-state index in [1.54, 1.807) is 45.0 Å². The van der Waals surface area contributed by atoms with Crippen molar-refractivity contribution in [3.63, 3.8) is 0 Å². The Morgan fingerprint density at radius 3 is 2.44 bits per heavy atom. The van der Waals surface area contributed by atoms with E-state index in [1.807, 2.05) is 6.07 Å². The molecule has 0 N–H and O–H groups in total. The molecule has 12 heteroatoms. The van der Waals surface area contributed by atoms with E-state index >= 15 is 0 Å². The quantitative estimate of drug-likeness (QED) is 0.292. The van der Waals surface area contributed by atoms with Crippen LogP contribution in [0.1, 0.15) is 55.2 Å². The normalized spacial score (nSPS) is 11.5. The fourth-order valence-corrected chi connectivity index (χ4v) is 5.98. The van der Waals surface area contributed by atoms with Gasteiger partial charge in [0.05, 0.1) is 30.1 Å². The Balaban J connectivity index is 2.04. The van der Waals surface area contributed by atoms with Gasteiger partial charge in [0.15, 0.2) is 5.69 Å². The molecule has 3 rings (SSSR count). The number of ketones is 1. The van der Waals surface area contributed by atoms with Crippen LogP contribution in [0.4, 0.5) is 9.39 Å². The molecular formula is C27H28FN3O6S2. The zero-order valence-electron chi connectivity index (χ0n) is 21.9. The van der Waals surface area contributed by atoms with Crippen LogP contribution in [0.2, 0.25) is 0 Å². The van der Waals surface area contributed by atoms with Crippen molar-refractivity contribution in [2.75, 3.05) is 11.4 Å². The fraction of sp³-hybridized carbons (Fsp3) is 0.333.